The first-order valence-corrected chi connectivity index (χ1v) is 13.4. The largest absolute Gasteiger partial charge is 0.465 e. The van der Waals surface area contributed by atoms with Gasteiger partial charge in [-0.3, -0.25) is 9.59 Å². The molecule has 4 aromatic rings. The number of rotatable bonds is 4. The molecule has 4 aliphatic rings. The summed E-state index contributed by atoms with van der Waals surface area (Å²) in [5, 5.41) is 5.59. The van der Waals surface area contributed by atoms with Crippen molar-refractivity contribution in [2.75, 3.05) is 7.11 Å². The molecule has 3 aromatic carbocycles. The van der Waals surface area contributed by atoms with E-state index in [2.05, 4.69) is 29.4 Å². The number of benzene rings is 3. The molecule has 0 spiro atoms. The van der Waals surface area contributed by atoms with E-state index in [0.29, 0.717) is 5.56 Å². The molecule has 2 atom stereocenters. The summed E-state index contributed by atoms with van der Waals surface area (Å²) in [6.45, 7) is 3.90. The Bertz CT molecular complexity index is 1650. The third-order valence-corrected chi connectivity index (χ3v) is 8.73. The van der Waals surface area contributed by atoms with Crippen LogP contribution in [0.5, 0.6) is 0 Å². The molecule has 1 saturated heterocycles. The molecule has 40 heavy (non-hydrogen) atoms. The Morgan fingerprint density at radius 2 is 1.35 bits per heavy atom. The van der Waals surface area contributed by atoms with Crippen LogP contribution in [0.15, 0.2) is 84.0 Å². The quantitative estimate of drug-likeness (QED) is 0.209. The highest BCUT2D eigenvalue weighted by atomic mass is 16.5. The fourth-order valence-corrected chi connectivity index (χ4v) is 7.10. The topological polar surface area (TPSA) is 81.0 Å². The van der Waals surface area contributed by atoms with E-state index in [0.717, 1.165) is 49.9 Å². The molecular formula is C33H27N3O4. The third-order valence-electron chi connectivity index (χ3n) is 8.73. The number of carbonyl (C=O) groups excluding carboxylic acids is 3. The summed E-state index contributed by atoms with van der Waals surface area (Å²) in [4.78, 5) is 39.7. The van der Waals surface area contributed by atoms with E-state index in [1.54, 1.807) is 18.3 Å². The molecule has 0 unspecified atom stereocenters. The Morgan fingerprint density at radius 1 is 0.800 bits per heavy atom. The third kappa shape index (κ3) is 3.30. The number of ether oxygens (including phenoxy) is 1. The number of nitrogens with zero attached hydrogens (tertiary/aromatic N) is 3. The van der Waals surface area contributed by atoms with Crippen LogP contribution in [-0.4, -0.2) is 40.7 Å². The molecule has 2 bridgehead atoms. The lowest BCUT2D eigenvalue weighted by atomic mass is 9.55. The number of esters is 1. The lowest BCUT2D eigenvalue weighted by Crippen LogP contribution is -2.41. The fraction of sp³-hybridized carbons (Fsp3) is 0.212. The van der Waals surface area contributed by atoms with Gasteiger partial charge in [0, 0.05) is 34.5 Å². The van der Waals surface area contributed by atoms with Gasteiger partial charge in [0.05, 0.1) is 30.7 Å². The van der Waals surface area contributed by atoms with Crippen molar-refractivity contribution in [2.24, 2.45) is 16.9 Å². The molecule has 198 valence electrons. The average molecular weight is 530 g/mol. The Balaban J connectivity index is 1.24. The summed E-state index contributed by atoms with van der Waals surface area (Å²) < 4.78 is 6.88. The van der Waals surface area contributed by atoms with Gasteiger partial charge < -0.3 is 9.30 Å². The standard InChI is InChI=1S/C33H27N3O4/c1-18-15-21(19(2)35(18)22-10-8-9-20(16-22)33(39)40-3)17-34-36-31(37)29-27-23-11-4-5-12-24(23)28(30(29)32(36)38)26-14-7-6-13-25(26)27/h4-17,27-30H,1-3H3/b34-17-/t27?,28?,29-,30-/m0/s1. The maximum atomic E-state index is 13.8. The number of aryl methyl sites for hydroxylation is 1. The van der Waals surface area contributed by atoms with Crippen LogP contribution >= 0.6 is 0 Å². The highest BCUT2D eigenvalue weighted by Crippen LogP contribution is 2.60. The van der Waals surface area contributed by atoms with Crippen LogP contribution < -0.4 is 0 Å². The van der Waals surface area contributed by atoms with Gasteiger partial charge in [0.2, 0.25) is 0 Å². The van der Waals surface area contributed by atoms with E-state index in [1.807, 2.05) is 60.9 Å². The van der Waals surface area contributed by atoms with Gasteiger partial charge in [-0.25, -0.2) is 4.79 Å². The van der Waals surface area contributed by atoms with Gasteiger partial charge in [-0.05, 0) is 60.4 Å². The van der Waals surface area contributed by atoms with Crippen molar-refractivity contribution in [1.82, 2.24) is 9.58 Å². The van der Waals surface area contributed by atoms with Crippen molar-refractivity contribution in [3.05, 3.63) is 124 Å². The first-order valence-electron chi connectivity index (χ1n) is 13.4. The number of carbonyl (C=O) groups is 3. The van der Waals surface area contributed by atoms with Gasteiger partial charge in [0.15, 0.2) is 0 Å². The van der Waals surface area contributed by atoms with E-state index in [1.165, 1.54) is 7.11 Å². The van der Waals surface area contributed by atoms with Gasteiger partial charge in [0.1, 0.15) is 0 Å². The normalized spacial score (nSPS) is 22.4. The van der Waals surface area contributed by atoms with Gasteiger partial charge in [-0.2, -0.15) is 10.1 Å². The molecule has 3 aliphatic carbocycles. The summed E-state index contributed by atoms with van der Waals surface area (Å²) in [6.07, 6.45) is 1.60. The van der Waals surface area contributed by atoms with E-state index < -0.39 is 17.8 Å². The number of aromatic nitrogens is 1. The zero-order chi connectivity index (χ0) is 27.7. The van der Waals surface area contributed by atoms with Crippen LogP contribution in [0, 0.1) is 25.7 Å². The summed E-state index contributed by atoms with van der Waals surface area (Å²) in [5.41, 5.74) is 8.39. The average Bonchev–Trinajstić information content (AvgIpc) is 3.41. The number of amides is 2. The molecule has 0 N–H and O–H groups in total. The monoisotopic (exact) mass is 529 g/mol. The number of imide groups is 1. The van der Waals surface area contributed by atoms with Crippen LogP contribution in [0.1, 0.15) is 61.4 Å². The molecule has 2 heterocycles. The molecule has 1 aromatic heterocycles. The number of methoxy groups -OCH3 is 1. The van der Waals surface area contributed by atoms with Crippen LogP contribution in [0.3, 0.4) is 0 Å². The van der Waals surface area contributed by atoms with Crippen LogP contribution in [-0.2, 0) is 14.3 Å². The minimum Gasteiger partial charge on any atom is -0.465 e. The van der Waals surface area contributed by atoms with E-state index in [9.17, 15) is 14.4 Å². The maximum absolute atomic E-state index is 13.8. The predicted octanol–water partition coefficient (Wildman–Crippen LogP) is 5.11. The molecule has 7 heteroatoms. The second kappa shape index (κ2) is 8.88. The fourth-order valence-electron chi connectivity index (χ4n) is 7.10. The zero-order valence-electron chi connectivity index (χ0n) is 22.4. The van der Waals surface area contributed by atoms with Crippen molar-refractivity contribution < 1.29 is 19.1 Å². The number of hydrogen-bond donors (Lipinski definition) is 0. The first kappa shape index (κ1) is 24.3. The zero-order valence-corrected chi connectivity index (χ0v) is 22.4. The van der Waals surface area contributed by atoms with Crippen molar-refractivity contribution in [3.8, 4) is 5.69 Å². The van der Waals surface area contributed by atoms with Gasteiger partial charge in [0.25, 0.3) is 11.8 Å². The first-order chi connectivity index (χ1) is 19.4. The summed E-state index contributed by atoms with van der Waals surface area (Å²) in [7, 11) is 1.36. The number of hydrazone groups is 1. The second-order valence-corrected chi connectivity index (χ2v) is 10.7. The van der Waals surface area contributed by atoms with Crippen molar-refractivity contribution >= 4 is 24.0 Å². The Kier molecular flexibility index (Phi) is 5.39. The van der Waals surface area contributed by atoms with Crippen LogP contribution in [0.4, 0.5) is 0 Å². The van der Waals surface area contributed by atoms with E-state index in [-0.39, 0.29) is 23.7 Å². The molecule has 1 aliphatic heterocycles. The highest BCUT2D eigenvalue weighted by molar-refractivity contribution is 6.08. The van der Waals surface area contributed by atoms with Crippen molar-refractivity contribution in [3.63, 3.8) is 0 Å². The predicted molar refractivity (Wildman–Crippen MR) is 150 cm³/mol. The number of hydrogen-bond acceptors (Lipinski definition) is 5. The molecule has 2 amide bonds. The van der Waals surface area contributed by atoms with E-state index >= 15 is 0 Å². The smallest absolute Gasteiger partial charge is 0.337 e. The molecule has 0 radical (unpaired) electrons. The van der Waals surface area contributed by atoms with E-state index in [4.69, 9.17) is 4.74 Å². The molecular weight excluding hydrogens is 502 g/mol. The van der Waals surface area contributed by atoms with Gasteiger partial charge in [-0.1, -0.05) is 54.6 Å². The second-order valence-electron chi connectivity index (χ2n) is 10.7. The lowest BCUT2D eigenvalue weighted by Gasteiger charge is -2.45. The summed E-state index contributed by atoms with van der Waals surface area (Å²) >= 11 is 0. The van der Waals surface area contributed by atoms with Gasteiger partial charge >= 0.3 is 5.97 Å². The highest BCUT2D eigenvalue weighted by Gasteiger charge is 2.61. The van der Waals surface area contributed by atoms with Gasteiger partial charge in [-0.15, -0.1) is 0 Å². The Labute approximate surface area is 231 Å². The minimum atomic E-state index is -0.465. The van der Waals surface area contributed by atoms with Crippen molar-refractivity contribution in [1.29, 1.82) is 0 Å². The summed E-state index contributed by atoms with van der Waals surface area (Å²) in [6, 6.07) is 25.5. The Hall–Kier alpha value is -4.78. The van der Waals surface area contributed by atoms with Crippen LogP contribution in [0.25, 0.3) is 5.69 Å². The molecule has 0 saturated carbocycles. The molecule has 8 rings (SSSR count). The van der Waals surface area contributed by atoms with Crippen LogP contribution in [0.2, 0.25) is 0 Å². The molecule has 1 fully saturated rings. The molecule has 7 nitrogen and oxygen atoms in total. The minimum absolute atomic E-state index is 0.161. The Morgan fingerprint density at radius 3 is 1.88 bits per heavy atom. The maximum Gasteiger partial charge on any atom is 0.337 e. The SMILES string of the molecule is COC(=O)c1cccc(-n2c(C)cc(/C=N\N3C(=O)[C@H]4C5c6ccccc6C(c6ccccc65)[C@@H]4C3=O)c2C)c1. The summed E-state index contributed by atoms with van der Waals surface area (Å²) in [5.74, 6) is -2.15. The van der Waals surface area contributed by atoms with Crippen molar-refractivity contribution in [2.45, 2.75) is 25.7 Å². The lowest BCUT2D eigenvalue weighted by molar-refractivity contribution is -0.139.